The standard InChI is InChI=1S/C12H13BrF3NO2/c13-10-6-8(17-9-2-1-5-18-7-9)3-4-11(10)19-12(14,15)16/h3-4,6,9,17H,1-2,5,7H2. The third-order valence-corrected chi connectivity index (χ3v) is 3.31. The summed E-state index contributed by atoms with van der Waals surface area (Å²) in [5.74, 6) is -0.252. The van der Waals surface area contributed by atoms with Gasteiger partial charge in [0.15, 0.2) is 0 Å². The summed E-state index contributed by atoms with van der Waals surface area (Å²) >= 11 is 3.07. The summed E-state index contributed by atoms with van der Waals surface area (Å²) in [4.78, 5) is 0. The average molecular weight is 340 g/mol. The maximum absolute atomic E-state index is 12.1. The third kappa shape index (κ3) is 4.58. The Labute approximate surface area is 117 Å². The van der Waals surface area contributed by atoms with Crippen LogP contribution in [0.3, 0.4) is 0 Å². The molecule has 106 valence electrons. The van der Waals surface area contributed by atoms with Crippen LogP contribution in [0.25, 0.3) is 0 Å². The molecule has 19 heavy (non-hydrogen) atoms. The predicted octanol–water partition coefficient (Wildman–Crippen LogP) is 3.94. The molecule has 1 saturated heterocycles. The van der Waals surface area contributed by atoms with E-state index in [1.807, 2.05) is 0 Å². The van der Waals surface area contributed by atoms with E-state index in [1.54, 1.807) is 12.1 Å². The summed E-state index contributed by atoms with van der Waals surface area (Å²) in [6.45, 7) is 1.37. The highest BCUT2D eigenvalue weighted by Crippen LogP contribution is 2.32. The molecule has 1 heterocycles. The van der Waals surface area contributed by atoms with Gasteiger partial charge in [0.2, 0.25) is 0 Å². The first-order valence-corrected chi connectivity index (χ1v) is 6.63. The van der Waals surface area contributed by atoms with Crippen molar-refractivity contribution in [2.24, 2.45) is 0 Å². The Morgan fingerprint density at radius 1 is 1.37 bits per heavy atom. The van der Waals surface area contributed by atoms with Crippen molar-refractivity contribution in [2.75, 3.05) is 18.5 Å². The molecule has 1 N–H and O–H groups in total. The van der Waals surface area contributed by atoms with Gasteiger partial charge in [-0.05, 0) is 47.0 Å². The SMILES string of the molecule is FC(F)(F)Oc1ccc(NC2CCCOC2)cc1Br. The van der Waals surface area contributed by atoms with Gasteiger partial charge < -0.3 is 14.8 Å². The van der Waals surface area contributed by atoms with E-state index >= 15 is 0 Å². The number of benzene rings is 1. The van der Waals surface area contributed by atoms with Crippen molar-refractivity contribution >= 4 is 21.6 Å². The Morgan fingerprint density at radius 3 is 2.74 bits per heavy atom. The summed E-state index contributed by atoms with van der Waals surface area (Å²) in [5.41, 5.74) is 0.733. The lowest BCUT2D eigenvalue weighted by molar-refractivity contribution is -0.274. The van der Waals surface area contributed by atoms with E-state index in [2.05, 4.69) is 26.0 Å². The van der Waals surface area contributed by atoms with Gasteiger partial charge >= 0.3 is 6.36 Å². The molecule has 3 nitrogen and oxygen atoms in total. The first kappa shape index (κ1) is 14.5. The van der Waals surface area contributed by atoms with E-state index < -0.39 is 6.36 Å². The average Bonchev–Trinajstić information content (AvgIpc) is 2.33. The Bertz CT molecular complexity index is 433. The molecule has 1 aliphatic rings. The Hall–Kier alpha value is -0.950. The lowest BCUT2D eigenvalue weighted by Gasteiger charge is -2.24. The second-order valence-corrected chi connectivity index (χ2v) is 5.11. The molecule has 7 heteroatoms. The number of nitrogens with one attached hydrogen (secondary N) is 1. The highest BCUT2D eigenvalue weighted by molar-refractivity contribution is 9.10. The van der Waals surface area contributed by atoms with Gasteiger partial charge in [-0.2, -0.15) is 0 Å². The molecule has 0 aromatic heterocycles. The monoisotopic (exact) mass is 339 g/mol. The van der Waals surface area contributed by atoms with Crippen molar-refractivity contribution < 1.29 is 22.6 Å². The van der Waals surface area contributed by atoms with Gasteiger partial charge in [0, 0.05) is 18.3 Å². The number of halogens is 4. The summed E-state index contributed by atoms with van der Waals surface area (Å²) in [7, 11) is 0. The Balaban J connectivity index is 2.01. The van der Waals surface area contributed by atoms with E-state index in [-0.39, 0.29) is 16.3 Å². The number of hydrogen-bond acceptors (Lipinski definition) is 3. The Kier molecular flexibility index (Phi) is 4.57. The van der Waals surface area contributed by atoms with Gasteiger partial charge in [-0.25, -0.2) is 0 Å². The summed E-state index contributed by atoms with van der Waals surface area (Å²) in [6.07, 6.45) is -2.72. The molecule has 0 aliphatic carbocycles. The van der Waals surface area contributed by atoms with Gasteiger partial charge in [0.1, 0.15) is 5.75 Å². The molecule has 1 unspecified atom stereocenters. The van der Waals surface area contributed by atoms with Crippen molar-refractivity contribution in [3.8, 4) is 5.75 Å². The fourth-order valence-corrected chi connectivity index (χ4v) is 2.35. The van der Waals surface area contributed by atoms with Crippen LogP contribution < -0.4 is 10.1 Å². The van der Waals surface area contributed by atoms with Crippen LogP contribution in [0.4, 0.5) is 18.9 Å². The minimum absolute atomic E-state index is 0.190. The predicted molar refractivity (Wildman–Crippen MR) is 68.3 cm³/mol. The lowest BCUT2D eigenvalue weighted by atomic mass is 10.1. The molecular formula is C12H13BrF3NO2. The van der Waals surface area contributed by atoms with Gasteiger partial charge in [-0.3, -0.25) is 0 Å². The zero-order valence-electron chi connectivity index (χ0n) is 9.97. The van der Waals surface area contributed by atoms with Crippen LogP contribution in [0.5, 0.6) is 5.75 Å². The normalized spacial score (nSPS) is 20.1. The van der Waals surface area contributed by atoms with Crippen molar-refractivity contribution in [3.63, 3.8) is 0 Å². The third-order valence-electron chi connectivity index (χ3n) is 2.69. The molecule has 0 bridgehead atoms. The van der Waals surface area contributed by atoms with Crippen LogP contribution >= 0.6 is 15.9 Å². The lowest BCUT2D eigenvalue weighted by Crippen LogP contribution is -2.29. The van der Waals surface area contributed by atoms with Gasteiger partial charge in [-0.1, -0.05) is 0 Å². The smallest absolute Gasteiger partial charge is 0.405 e. The largest absolute Gasteiger partial charge is 0.573 e. The van der Waals surface area contributed by atoms with E-state index in [0.29, 0.717) is 6.61 Å². The van der Waals surface area contributed by atoms with Crippen LogP contribution in [0.1, 0.15) is 12.8 Å². The zero-order valence-corrected chi connectivity index (χ0v) is 11.6. The zero-order chi connectivity index (χ0) is 13.9. The fraction of sp³-hybridized carbons (Fsp3) is 0.500. The molecule has 0 spiro atoms. The number of rotatable bonds is 3. The minimum Gasteiger partial charge on any atom is -0.405 e. The number of anilines is 1. The molecule has 1 aromatic carbocycles. The van der Waals surface area contributed by atoms with Crippen LogP contribution in [0.2, 0.25) is 0 Å². The molecule has 0 amide bonds. The molecule has 0 saturated carbocycles. The minimum atomic E-state index is -4.69. The molecule has 2 rings (SSSR count). The molecule has 1 aliphatic heterocycles. The number of ether oxygens (including phenoxy) is 2. The number of hydrogen-bond donors (Lipinski definition) is 1. The topological polar surface area (TPSA) is 30.5 Å². The summed E-state index contributed by atoms with van der Waals surface area (Å²) < 4.78 is 45.8. The summed E-state index contributed by atoms with van der Waals surface area (Å²) in [5, 5.41) is 3.22. The van der Waals surface area contributed by atoms with Crippen LogP contribution in [-0.2, 0) is 4.74 Å². The molecular weight excluding hydrogens is 327 g/mol. The summed E-state index contributed by atoms with van der Waals surface area (Å²) in [6, 6.07) is 4.59. The maximum atomic E-state index is 12.1. The van der Waals surface area contributed by atoms with Crippen molar-refractivity contribution in [1.29, 1.82) is 0 Å². The molecule has 1 aromatic rings. The van der Waals surface area contributed by atoms with Gasteiger partial charge in [-0.15, -0.1) is 13.2 Å². The first-order chi connectivity index (χ1) is 8.94. The molecule has 1 fully saturated rings. The molecule has 1 atom stereocenters. The highest BCUT2D eigenvalue weighted by atomic mass is 79.9. The van der Waals surface area contributed by atoms with Crippen molar-refractivity contribution in [1.82, 2.24) is 0 Å². The van der Waals surface area contributed by atoms with Gasteiger partial charge in [0.25, 0.3) is 0 Å². The van der Waals surface area contributed by atoms with Crippen LogP contribution in [-0.4, -0.2) is 25.6 Å². The van der Waals surface area contributed by atoms with Crippen molar-refractivity contribution in [2.45, 2.75) is 25.2 Å². The van der Waals surface area contributed by atoms with Gasteiger partial charge in [0.05, 0.1) is 11.1 Å². The van der Waals surface area contributed by atoms with E-state index in [4.69, 9.17) is 4.74 Å². The van der Waals surface area contributed by atoms with E-state index in [9.17, 15) is 13.2 Å². The highest BCUT2D eigenvalue weighted by Gasteiger charge is 2.32. The number of alkyl halides is 3. The van der Waals surface area contributed by atoms with Crippen LogP contribution in [0.15, 0.2) is 22.7 Å². The fourth-order valence-electron chi connectivity index (χ4n) is 1.89. The quantitative estimate of drug-likeness (QED) is 0.904. The first-order valence-electron chi connectivity index (χ1n) is 5.83. The second kappa shape index (κ2) is 6.00. The van der Waals surface area contributed by atoms with E-state index in [0.717, 1.165) is 25.1 Å². The van der Waals surface area contributed by atoms with E-state index in [1.165, 1.54) is 6.07 Å². The molecule has 0 radical (unpaired) electrons. The Morgan fingerprint density at radius 2 is 2.16 bits per heavy atom. The second-order valence-electron chi connectivity index (χ2n) is 4.25. The van der Waals surface area contributed by atoms with Crippen molar-refractivity contribution in [3.05, 3.63) is 22.7 Å². The van der Waals surface area contributed by atoms with Crippen LogP contribution in [0, 0.1) is 0 Å². The maximum Gasteiger partial charge on any atom is 0.573 e.